The highest BCUT2D eigenvalue weighted by atomic mass is 35.5. The Kier molecular flexibility index (Phi) is 39.0. The van der Waals surface area contributed by atoms with Crippen LogP contribution in [-0.4, -0.2) is 265 Å². The van der Waals surface area contributed by atoms with Gasteiger partial charge in [-0.1, -0.05) is 58.0 Å². The molecule has 18 rings (SSSR count). The lowest BCUT2D eigenvalue weighted by Gasteiger charge is -2.34. The molecule has 12 heterocycles. The van der Waals surface area contributed by atoms with Crippen LogP contribution in [0.2, 0.25) is 20.1 Å². The highest BCUT2D eigenvalue weighted by Crippen LogP contribution is 2.41. The van der Waals surface area contributed by atoms with Crippen molar-refractivity contribution in [1.82, 2.24) is 83.4 Å². The number of fused-ring (bicyclic) bond motifs is 6. The van der Waals surface area contributed by atoms with E-state index >= 15 is 0 Å². The SMILES string of the molecule is CS(=O)(=O)NCC1CCCN(c2ncnc3cc(Cl)c(Cl)cc23)C1.CS(=O)(=O)NCC1CCCN(c2ncnc3cc(Cl)c(F)cc23)C1.Cc1ccc2ncnc(N3CCCC(CNS(C)(=O)=O)C3)c2c1.[C-]#[N+]c1cc2c(N3CCCC(CCCS(C)(=O)=O)C3)ncnc2cc1F.[C-]#[N+]c1cc2c(N3CCCC(CNS(C)(=O)=O)C3)ncnc2cc1Cl.[C-]#[N+]c1cc2c(N3CCCC(CNS(C)(=O)=O)C3)ncnc2cc1F. The van der Waals surface area contributed by atoms with Crippen molar-refractivity contribution in [1.29, 1.82) is 0 Å². The zero-order valence-electron chi connectivity index (χ0n) is 81.9. The quantitative estimate of drug-likeness (QED) is 0.0332. The maximum Gasteiger partial charge on any atom is 0.222 e. The van der Waals surface area contributed by atoms with E-state index in [1.807, 2.05) is 17.0 Å². The van der Waals surface area contributed by atoms with Crippen molar-refractivity contribution >= 4 is 224 Å². The van der Waals surface area contributed by atoms with Crippen LogP contribution >= 0.6 is 46.4 Å². The van der Waals surface area contributed by atoms with Crippen LogP contribution in [0.1, 0.15) is 95.5 Å². The van der Waals surface area contributed by atoms with Crippen molar-refractivity contribution in [2.45, 2.75) is 96.8 Å². The van der Waals surface area contributed by atoms with Gasteiger partial charge in [-0.25, -0.2) is 162 Å². The number of aryl methyl sites for hydroxylation is 1. The van der Waals surface area contributed by atoms with Gasteiger partial charge in [-0.2, -0.15) is 0 Å². The second-order valence-corrected chi connectivity index (χ2v) is 50.7. The molecule has 12 aromatic rings. The fraction of sp³-hybridized carbons (Fsp3) is 0.469. The zero-order chi connectivity index (χ0) is 106. The first kappa shape index (κ1) is 113. The molecule has 0 saturated carbocycles. The van der Waals surface area contributed by atoms with Crippen LogP contribution in [0.3, 0.4) is 0 Å². The van der Waals surface area contributed by atoms with E-state index in [1.165, 1.54) is 98.6 Å². The summed E-state index contributed by atoms with van der Waals surface area (Å²) in [6.07, 6.45) is 29.1. The molecule has 6 fully saturated rings. The highest BCUT2D eigenvalue weighted by Gasteiger charge is 2.32. The molecular weight excluding hydrogens is 2100 g/mol. The topological polar surface area (TPSA) is 452 Å². The summed E-state index contributed by atoms with van der Waals surface area (Å²) in [7, 11) is -18.9. The molecule has 5 N–H and O–H groups in total. The summed E-state index contributed by atoms with van der Waals surface area (Å²) in [5.41, 5.74) is 5.36. The second kappa shape index (κ2) is 50.6. The van der Waals surface area contributed by atoms with E-state index in [-0.39, 0.29) is 45.8 Å². The first-order chi connectivity index (χ1) is 69.7. The van der Waals surface area contributed by atoms with E-state index in [0.717, 1.165) is 200 Å². The molecule has 38 nitrogen and oxygen atoms in total. The summed E-state index contributed by atoms with van der Waals surface area (Å²) in [4.78, 5) is 74.2. The summed E-state index contributed by atoms with van der Waals surface area (Å²) < 4.78 is 190. The molecule has 6 aromatic heterocycles. The summed E-state index contributed by atoms with van der Waals surface area (Å²) in [5, 5.41) is 5.94. The van der Waals surface area contributed by atoms with Gasteiger partial charge in [0.25, 0.3) is 0 Å². The maximum absolute atomic E-state index is 13.9. The summed E-state index contributed by atoms with van der Waals surface area (Å²) in [6, 6.07) is 21.5. The van der Waals surface area contributed by atoms with Crippen molar-refractivity contribution in [2.75, 3.05) is 184 Å². The summed E-state index contributed by atoms with van der Waals surface area (Å²) >= 11 is 24.1. The van der Waals surface area contributed by atoms with Gasteiger partial charge in [0.05, 0.1) is 99.2 Å². The molecule has 6 aliphatic heterocycles. The first-order valence-electron chi connectivity index (χ1n) is 47.5. The average Bonchev–Trinajstić information content (AvgIpc) is 0.759. The van der Waals surface area contributed by atoms with Gasteiger partial charge >= 0.3 is 0 Å². The number of sulfonamides is 5. The van der Waals surface area contributed by atoms with Crippen molar-refractivity contribution in [3.05, 3.63) is 194 Å². The van der Waals surface area contributed by atoms with E-state index in [9.17, 15) is 63.7 Å². The molecule has 6 aliphatic rings. The number of hydrogen-bond donors (Lipinski definition) is 5. The molecule has 0 amide bonds. The molecule has 51 heteroatoms. The minimum Gasteiger partial charge on any atom is -0.356 e. The summed E-state index contributed by atoms with van der Waals surface area (Å²) in [6.45, 7) is 34.9. The van der Waals surface area contributed by atoms with Crippen LogP contribution in [0.5, 0.6) is 0 Å². The Bertz CT molecular complexity index is 7380. The van der Waals surface area contributed by atoms with Crippen LogP contribution in [0.4, 0.5) is 65.1 Å². The number of anilines is 6. The van der Waals surface area contributed by atoms with E-state index in [2.05, 4.69) is 135 Å². The third-order valence-corrected chi connectivity index (χ3v) is 31.5. The van der Waals surface area contributed by atoms with Crippen LogP contribution in [0.15, 0.2) is 117 Å². The van der Waals surface area contributed by atoms with E-state index in [1.54, 1.807) is 30.6 Å². The number of hydrogen-bond acceptors (Lipinski definition) is 30. The van der Waals surface area contributed by atoms with Gasteiger partial charge in [-0.15, -0.1) is 0 Å². The van der Waals surface area contributed by atoms with Crippen molar-refractivity contribution < 1.29 is 63.7 Å². The number of sulfone groups is 1. The van der Waals surface area contributed by atoms with Gasteiger partial charge in [0.2, 0.25) is 67.2 Å². The van der Waals surface area contributed by atoms with Gasteiger partial charge in [0, 0.05) is 161 Å². The lowest BCUT2D eigenvalue weighted by molar-refractivity contribution is 0.387. The van der Waals surface area contributed by atoms with Crippen LogP contribution in [-0.2, 0) is 60.0 Å². The Morgan fingerprint density at radius 3 is 0.884 bits per heavy atom. The van der Waals surface area contributed by atoms with Gasteiger partial charge < -0.3 is 29.4 Å². The van der Waals surface area contributed by atoms with E-state index in [0.29, 0.717) is 147 Å². The minimum absolute atomic E-state index is 0.0287. The second-order valence-electron chi connectivity index (χ2n) is 37.7. The van der Waals surface area contributed by atoms with Gasteiger partial charge in [0.15, 0.2) is 0 Å². The standard InChI is InChI=1S/C18H21FN4O2S.C16H18ClN5O2S.C16H18FN5O2S.C16H22N4O2S.C15H18Cl2N4O2S.C15H18ClFN4O2S/c1-20-17-9-14-16(10-15(17)19)21-12-22-18(14)23-7-3-5-13(11-23)6-4-8-26(2,24)25;2*1-18-15-6-12-14(7-13(15)17)19-10-20-16(12)22-5-3-4-11(9-22)8-21-25(2,23)24;1-12-5-6-15-14(8-12)16(18-11-17-15)20-7-3-4-13(10-20)9-19-23(2,21)22;1-24(22,23)20-7-10-3-2-4-21(8-10)15-11-5-12(16)13(17)6-14(11)18-9-19-15;1-24(22,23)20-7-10-3-2-4-21(8-10)15-11-5-13(17)12(16)6-14(11)18-9-19-15/h9-10,12-13H,3-8,11H2,2H3;2*6-7,10-11,21H,3-5,8-9H2,2H3;5-6,8,11,13,19H,3-4,7,9-10H2,1-2H3;2*5-6,9-10,20H,2-4,7-8H2,1H3. The number of nitrogens with one attached hydrogen (secondary N) is 5. The van der Waals surface area contributed by atoms with Crippen LogP contribution < -0.4 is 53.0 Å². The maximum atomic E-state index is 13.9. The predicted octanol–water partition coefficient (Wildman–Crippen LogP) is 14.6. The fourth-order valence-corrected chi connectivity index (χ4v) is 22.8. The Hall–Kier alpha value is -10.9. The molecule has 6 aromatic carbocycles. The molecule has 6 atom stereocenters. The zero-order valence-corrected chi connectivity index (χ0v) is 89.9. The molecular formula is C96H115Cl4F3N26O12S6. The molecule has 0 spiro atoms. The number of nitrogens with zero attached hydrogens (tertiary/aromatic N) is 21. The Morgan fingerprint density at radius 2 is 0.571 bits per heavy atom. The molecule has 0 bridgehead atoms. The van der Waals surface area contributed by atoms with E-state index < -0.39 is 77.4 Å². The van der Waals surface area contributed by atoms with Crippen LogP contribution in [0, 0.1) is 79.6 Å². The number of halogens is 7. The molecule has 6 unspecified atom stereocenters. The van der Waals surface area contributed by atoms with Gasteiger partial charge in [-0.05, 0) is 205 Å². The largest absolute Gasteiger partial charge is 0.356 e. The molecule has 6 saturated heterocycles. The molecule has 0 aliphatic carbocycles. The molecule has 147 heavy (non-hydrogen) atoms. The smallest absolute Gasteiger partial charge is 0.222 e. The lowest BCUT2D eigenvalue weighted by atomic mass is 9.93. The number of rotatable bonds is 25. The van der Waals surface area contributed by atoms with Crippen molar-refractivity contribution in [2.24, 2.45) is 35.5 Å². The fourth-order valence-electron chi connectivity index (χ4n) is 18.8. The van der Waals surface area contributed by atoms with Crippen molar-refractivity contribution in [3.63, 3.8) is 0 Å². The summed E-state index contributed by atoms with van der Waals surface area (Å²) in [5.74, 6) is 4.56. The Labute approximate surface area is 874 Å². The third kappa shape index (κ3) is 33.0. The van der Waals surface area contributed by atoms with Gasteiger partial charge in [0.1, 0.15) is 100 Å². The number of benzene rings is 6. The normalized spacial score (nSPS) is 18.6. The monoisotopic (exact) mass is 2210 g/mol. The predicted molar refractivity (Wildman–Crippen MR) is 573 cm³/mol. The highest BCUT2D eigenvalue weighted by molar-refractivity contribution is 7.90. The number of piperidine rings is 6. The van der Waals surface area contributed by atoms with Crippen LogP contribution in [0.25, 0.3) is 80.0 Å². The Balaban J connectivity index is 0.000000147. The lowest BCUT2D eigenvalue weighted by Crippen LogP contribution is -2.41. The first-order valence-corrected chi connectivity index (χ1v) is 60.5. The van der Waals surface area contributed by atoms with Crippen molar-refractivity contribution in [3.8, 4) is 0 Å². The molecule has 786 valence electrons. The average molecular weight is 2220 g/mol. The molecule has 0 radical (unpaired) electrons. The number of aromatic nitrogens is 12. The van der Waals surface area contributed by atoms with Gasteiger partial charge in [-0.3, -0.25) is 0 Å². The third-order valence-electron chi connectivity index (χ3n) is 25.7. The van der Waals surface area contributed by atoms with E-state index in [4.69, 9.17) is 66.1 Å². The minimum atomic E-state index is -3.22. The Morgan fingerprint density at radius 1 is 0.313 bits per heavy atom.